The summed E-state index contributed by atoms with van der Waals surface area (Å²) in [6, 6.07) is 0.861. The van der Waals surface area contributed by atoms with E-state index in [1.54, 1.807) is 0 Å². The standard InChI is InChI=1S/C17H33N3O/c1-4-20-10-6-9-16(20)12-19(3)17(21)13(2)14-7-5-8-15(18)11-14/h13-16H,4-12,18H2,1-3H3. The summed E-state index contributed by atoms with van der Waals surface area (Å²) in [5, 5.41) is 0. The highest BCUT2D eigenvalue weighted by atomic mass is 16.2. The molecule has 1 saturated carbocycles. The summed E-state index contributed by atoms with van der Waals surface area (Å²) < 4.78 is 0. The third-order valence-electron chi connectivity index (χ3n) is 5.62. The van der Waals surface area contributed by atoms with Gasteiger partial charge in [-0.05, 0) is 51.1 Å². The smallest absolute Gasteiger partial charge is 0.225 e. The summed E-state index contributed by atoms with van der Waals surface area (Å²) in [4.78, 5) is 17.2. The first-order chi connectivity index (χ1) is 10.0. The average molecular weight is 295 g/mol. The fraction of sp³-hybridized carbons (Fsp3) is 0.941. The Kier molecular flexibility index (Phi) is 6.06. The topological polar surface area (TPSA) is 49.6 Å². The van der Waals surface area contributed by atoms with Crippen LogP contribution in [0.25, 0.3) is 0 Å². The molecule has 2 rings (SSSR count). The Morgan fingerprint density at radius 2 is 2.10 bits per heavy atom. The van der Waals surface area contributed by atoms with Crippen molar-refractivity contribution in [3.05, 3.63) is 0 Å². The second-order valence-corrected chi connectivity index (χ2v) is 7.12. The summed E-state index contributed by atoms with van der Waals surface area (Å²) in [5.41, 5.74) is 6.08. The van der Waals surface area contributed by atoms with Gasteiger partial charge in [0.25, 0.3) is 0 Å². The minimum atomic E-state index is 0.123. The van der Waals surface area contributed by atoms with Gasteiger partial charge in [0.05, 0.1) is 0 Å². The van der Waals surface area contributed by atoms with Crippen LogP contribution < -0.4 is 5.73 Å². The second-order valence-electron chi connectivity index (χ2n) is 7.12. The molecule has 4 heteroatoms. The van der Waals surface area contributed by atoms with Gasteiger partial charge in [-0.15, -0.1) is 0 Å². The van der Waals surface area contributed by atoms with Crippen molar-refractivity contribution >= 4 is 5.91 Å². The van der Waals surface area contributed by atoms with Gasteiger partial charge in [-0.1, -0.05) is 20.3 Å². The number of amides is 1. The molecule has 2 N–H and O–H groups in total. The van der Waals surface area contributed by atoms with Crippen molar-refractivity contribution in [3.8, 4) is 0 Å². The van der Waals surface area contributed by atoms with E-state index in [2.05, 4.69) is 18.7 Å². The van der Waals surface area contributed by atoms with E-state index in [0.717, 1.165) is 25.9 Å². The highest BCUT2D eigenvalue weighted by Crippen LogP contribution is 2.30. The van der Waals surface area contributed by atoms with Crippen LogP contribution in [0.5, 0.6) is 0 Å². The van der Waals surface area contributed by atoms with Crippen LogP contribution in [0.15, 0.2) is 0 Å². The lowest BCUT2D eigenvalue weighted by Crippen LogP contribution is -2.44. The van der Waals surface area contributed by atoms with E-state index in [4.69, 9.17) is 5.73 Å². The molecular weight excluding hydrogens is 262 g/mol. The third kappa shape index (κ3) is 4.19. The molecule has 0 aromatic heterocycles. The number of likely N-dealkylation sites (N-methyl/N-ethyl adjacent to an activating group) is 2. The van der Waals surface area contributed by atoms with E-state index in [9.17, 15) is 4.79 Å². The maximum Gasteiger partial charge on any atom is 0.225 e. The monoisotopic (exact) mass is 295 g/mol. The van der Waals surface area contributed by atoms with E-state index in [1.165, 1.54) is 32.2 Å². The van der Waals surface area contributed by atoms with Crippen molar-refractivity contribution in [1.82, 2.24) is 9.80 Å². The molecule has 1 heterocycles. The average Bonchev–Trinajstić information content (AvgIpc) is 2.92. The Labute approximate surface area is 130 Å². The molecule has 122 valence electrons. The molecule has 0 spiro atoms. The number of likely N-dealkylation sites (tertiary alicyclic amines) is 1. The van der Waals surface area contributed by atoms with Crippen LogP contribution in [-0.2, 0) is 4.79 Å². The van der Waals surface area contributed by atoms with Crippen molar-refractivity contribution in [3.63, 3.8) is 0 Å². The summed E-state index contributed by atoms with van der Waals surface area (Å²) >= 11 is 0. The number of carbonyl (C=O) groups excluding carboxylic acids is 1. The molecule has 1 saturated heterocycles. The van der Waals surface area contributed by atoms with Crippen LogP contribution in [0, 0.1) is 11.8 Å². The highest BCUT2D eigenvalue weighted by molar-refractivity contribution is 5.78. The number of nitrogens with two attached hydrogens (primary N) is 1. The molecule has 2 fully saturated rings. The Morgan fingerprint density at radius 1 is 1.33 bits per heavy atom. The van der Waals surface area contributed by atoms with Crippen molar-refractivity contribution in [1.29, 1.82) is 0 Å². The lowest BCUT2D eigenvalue weighted by atomic mass is 9.78. The maximum absolute atomic E-state index is 12.7. The van der Waals surface area contributed by atoms with Gasteiger partial charge < -0.3 is 10.6 Å². The van der Waals surface area contributed by atoms with Crippen molar-refractivity contribution in [2.24, 2.45) is 17.6 Å². The van der Waals surface area contributed by atoms with Gasteiger partial charge >= 0.3 is 0 Å². The van der Waals surface area contributed by atoms with Crippen molar-refractivity contribution in [2.45, 2.75) is 64.5 Å². The Morgan fingerprint density at radius 3 is 2.76 bits per heavy atom. The van der Waals surface area contributed by atoms with Gasteiger partial charge in [0.2, 0.25) is 5.91 Å². The lowest BCUT2D eigenvalue weighted by Gasteiger charge is -2.34. The molecule has 4 nitrogen and oxygen atoms in total. The number of rotatable bonds is 5. The van der Waals surface area contributed by atoms with Gasteiger partial charge in [-0.25, -0.2) is 0 Å². The van der Waals surface area contributed by atoms with Crippen LogP contribution in [0.2, 0.25) is 0 Å². The SMILES string of the molecule is CCN1CCCC1CN(C)C(=O)C(C)C1CCCC(N)C1. The van der Waals surface area contributed by atoms with Crippen LogP contribution in [0.3, 0.4) is 0 Å². The second kappa shape index (κ2) is 7.59. The van der Waals surface area contributed by atoms with Crippen LogP contribution in [0.4, 0.5) is 0 Å². The van der Waals surface area contributed by atoms with Gasteiger partial charge in [0, 0.05) is 31.6 Å². The fourth-order valence-electron chi connectivity index (χ4n) is 4.19. The molecule has 0 aromatic carbocycles. The molecule has 4 unspecified atom stereocenters. The van der Waals surface area contributed by atoms with Gasteiger partial charge in [-0.2, -0.15) is 0 Å². The normalized spacial score (nSPS) is 32.1. The van der Waals surface area contributed by atoms with E-state index in [0.29, 0.717) is 23.9 Å². The molecule has 2 aliphatic rings. The van der Waals surface area contributed by atoms with E-state index >= 15 is 0 Å². The molecule has 1 aliphatic heterocycles. The predicted octanol–water partition coefficient (Wildman–Crippen LogP) is 2.08. The molecule has 1 amide bonds. The first-order valence-electron chi connectivity index (χ1n) is 8.77. The first-order valence-corrected chi connectivity index (χ1v) is 8.77. The molecule has 0 radical (unpaired) electrons. The van der Waals surface area contributed by atoms with E-state index in [-0.39, 0.29) is 5.92 Å². The molecular formula is C17H33N3O. The molecule has 21 heavy (non-hydrogen) atoms. The zero-order valence-electron chi connectivity index (χ0n) is 14.1. The largest absolute Gasteiger partial charge is 0.344 e. The fourth-order valence-corrected chi connectivity index (χ4v) is 4.19. The zero-order valence-corrected chi connectivity index (χ0v) is 14.1. The molecule has 0 bridgehead atoms. The lowest BCUT2D eigenvalue weighted by molar-refractivity contribution is -0.136. The van der Waals surface area contributed by atoms with E-state index < -0.39 is 0 Å². The van der Waals surface area contributed by atoms with Crippen LogP contribution >= 0.6 is 0 Å². The number of hydrogen-bond donors (Lipinski definition) is 1. The third-order valence-corrected chi connectivity index (χ3v) is 5.62. The summed E-state index contributed by atoms with van der Waals surface area (Å²) in [5.74, 6) is 0.921. The molecule has 1 aliphatic carbocycles. The quantitative estimate of drug-likeness (QED) is 0.845. The first kappa shape index (κ1) is 16.8. The minimum Gasteiger partial charge on any atom is -0.344 e. The number of hydrogen-bond acceptors (Lipinski definition) is 3. The van der Waals surface area contributed by atoms with Crippen LogP contribution in [-0.4, -0.2) is 54.5 Å². The summed E-state index contributed by atoms with van der Waals surface area (Å²) in [6.07, 6.45) is 6.99. The van der Waals surface area contributed by atoms with Crippen molar-refractivity contribution < 1.29 is 4.79 Å². The van der Waals surface area contributed by atoms with Gasteiger partial charge in [0.1, 0.15) is 0 Å². The Hall–Kier alpha value is -0.610. The van der Waals surface area contributed by atoms with Crippen LogP contribution in [0.1, 0.15) is 52.4 Å². The molecule has 4 atom stereocenters. The minimum absolute atomic E-state index is 0.123. The predicted molar refractivity (Wildman–Crippen MR) is 87.0 cm³/mol. The Balaban J connectivity index is 1.86. The van der Waals surface area contributed by atoms with Gasteiger partial charge in [-0.3, -0.25) is 9.69 Å². The van der Waals surface area contributed by atoms with E-state index in [1.807, 2.05) is 11.9 Å². The molecule has 0 aromatic rings. The summed E-state index contributed by atoms with van der Waals surface area (Å²) in [7, 11) is 1.98. The zero-order chi connectivity index (χ0) is 15.4. The summed E-state index contributed by atoms with van der Waals surface area (Å²) in [6.45, 7) is 7.49. The number of nitrogens with zero attached hydrogens (tertiary/aromatic N) is 2. The van der Waals surface area contributed by atoms with Crippen molar-refractivity contribution in [2.75, 3.05) is 26.7 Å². The maximum atomic E-state index is 12.7. The highest BCUT2D eigenvalue weighted by Gasteiger charge is 2.32. The Bertz CT molecular complexity index is 347. The van der Waals surface area contributed by atoms with Gasteiger partial charge in [0.15, 0.2) is 0 Å². The number of carbonyl (C=O) groups is 1.